The van der Waals surface area contributed by atoms with Crippen LogP contribution in [0.4, 0.5) is 0 Å². The topological polar surface area (TPSA) is 77.8 Å². The monoisotopic (exact) mass is 517 g/mol. The highest BCUT2D eigenvalue weighted by atomic mass is 32.1. The summed E-state index contributed by atoms with van der Waals surface area (Å²) in [6.45, 7) is 2.84. The summed E-state index contributed by atoms with van der Waals surface area (Å²) in [5, 5.41) is 20.7. The van der Waals surface area contributed by atoms with E-state index in [0.717, 1.165) is 12.0 Å². The predicted octanol–water partition coefficient (Wildman–Crippen LogP) is 6.25. The summed E-state index contributed by atoms with van der Waals surface area (Å²) in [7, 11) is 2.30. The number of fused-ring (bicyclic) bond motifs is 1. The molecule has 1 saturated heterocycles. The van der Waals surface area contributed by atoms with Crippen molar-refractivity contribution >= 4 is 23.1 Å². The van der Waals surface area contributed by atoms with Gasteiger partial charge in [-0.15, -0.1) is 11.3 Å². The van der Waals surface area contributed by atoms with Crippen LogP contribution in [0.15, 0.2) is 60.0 Å². The van der Waals surface area contributed by atoms with Gasteiger partial charge >= 0.3 is 5.97 Å². The SMILES string of the molecule is CC(C(=O)O)c1ccc(C(=O)c2cccs2)cc1.CN1CC[C@]23CCCC[C@H]2[C@H]1Cc1ccc(O)cc13. The number of hydrogen-bond acceptors (Lipinski definition) is 5. The number of likely N-dealkylation sites (tertiary alicyclic amines) is 1. The second-order valence-corrected chi connectivity index (χ2v) is 11.8. The molecule has 1 unspecified atom stereocenters. The van der Waals surface area contributed by atoms with E-state index in [1.807, 2.05) is 17.5 Å². The molecule has 6 heteroatoms. The third-order valence-electron chi connectivity index (χ3n) is 8.89. The van der Waals surface area contributed by atoms with Crippen LogP contribution in [0.25, 0.3) is 0 Å². The first kappa shape index (κ1) is 25.7. The van der Waals surface area contributed by atoms with Gasteiger partial charge in [0, 0.05) is 17.0 Å². The molecule has 6 rings (SSSR count). The number of carbonyl (C=O) groups excluding carboxylic acids is 1. The maximum atomic E-state index is 12.0. The molecule has 2 heterocycles. The van der Waals surface area contributed by atoms with Crippen LogP contribution in [0.2, 0.25) is 0 Å². The summed E-state index contributed by atoms with van der Waals surface area (Å²) in [4.78, 5) is 26.1. The minimum Gasteiger partial charge on any atom is -0.508 e. The second-order valence-electron chi connectivity index (χ2n) is 10.8. The van der Waals surface area contributed by atoms with Crippen LogP contribution in [0.1, 0.15) is 76.9 Å². The molecule has 2 fully saturated rings. The second kappa shape index (κ2) is 10.4. The summed E-state index contributed by atoms with van der Waals surface area (Å²) in [6.07, 6.45) is 7.93. The van der Waals surface area contributed by atoms with Crippen LogP contribution >= 0.6 is 11.3 Å². The zero-order chi connectivity index (χ0) is 26.2. The van der Waals surface area contributed by atoms with Crippen LogP contribution in [0.5, 0.6) is 5.75 Å². The molecule has 4 atom stereocenters. The quantitative estimate of drug-likeness (QED) is 0.400. The van der Waals surface area contributed by atoms with Crippen molar-refractivity contribution in [1.29, 1.82) is 0 Å². The minimum absolute atomic E-state index is 0.0282. The van der Waals surface area contributed by atoms with E-state index >= 15 is 0 Å². The number of phenolic OH excluding ortho intramolecular Hbond substituents is 1. The Balaban J connectivity index is 0.000000152. The Kier molecular flexibility index (Phi) is 7.24. The van der Waals surface area contributed by atoms with E-state index in [4.69, 9.17) is 5.11 Å². The third kappa shape index (κ3) is 4.85. The molecule has 37 heavy (non-hydrogen) atoms. The number of hydrogen-bond donors (Lipinski definition) is 2. The lowest BCUT2D eigenvalue weighted by atomic mass is 9.52. The Hall–Kier alpha value is -2.96. The van der Waals surface area contributed by atoms with Gasteiger partial charge < -0.3 is 15.1 Å². The van der Waals surface area contributed by atoms with Crippen LogP contribution < -0.4 is 0 Å². The highest BCUT2D eigenvalue weighted by Crippen LogP contribution is 2.55. The fourth-order valence-corrected chi connectivity index (χ4v) is 7.49. The summed E-state index contributed by atoms with van der Waals surface area (Å²) in [6, 6.07) is 17.2. The van der Waals surface area contributed by atoms with Gasteiger partial charge in [-0.25, -0.2) is 0 Å². The lowest BCUT2D eigenvalue weighted by molar-refractivity contribution is -0.138. The molecular weight excluding hydrogens is 482 g/mol. The van der Waals surface area contributed by atoms with Gasteiger partial charge in [-0.2, -0.15) is 0 Å². The van der Waals surface area contributed by atoms with E-state index in [1.165, 1.54) is 67.5 Å². The maximum Gasteiger partial charge on any atom is 0.310 e. The highest BCUT2D eigenvalue weighted by molar-refractivity contribution is 7.12. The fraction of sp³-hybridized carbons (Fsp3) is 0.419. The first-order valence-electron chi connectivity index (χ1n) is 13.2. The van der Waals surface area contributed by atoms with Gasteiger partial charge in [0.1, 0.15) is 5.75 Å². The van der Waals surface area contributed by atoms with Crippen molar-refractivity contribution in [1.82, 2.24) is 4.90 Å². The van der Waals surface area contributed by atoms with Crippen LogP contribution in [-0.4, -0.2) is 46.5 Å². The average Bonchev–Trinajstić information content (AvgIpc) is 3.46. The number of rotatable bonds is 4. The van der Waals surface area contributed by atoms with Gasteiger partial charge in [0.15, 0.2) is 0 Å². The van der Waals surface area contributed by atoms with Crippen LogP contribution in [0.3, 0.4) is 0 Å². The molecular formula is C31H35NO4S. The van der Waals surface area contributed by atoms with Crippen molar-refractivity contribution in [2.24, 2.45) is 5.92 Å². The van der Waals surface area contributed by atoms with E-state index in [2.05, 4.69) is 24.1 Å². The van der Waals surface area contributed by atoms with Crippen molar-refractivity contribution in [3.8, 4) is 5.75 Å². The predicted molar refractivity (Wildman–Crippen MR) is 147 cm³/mol. The largest absolute Gasteiger partial charge is 0.508 e. The van der Waals surface area contributed by atoms with Crippen LogP contribution in [0, 0.1) is 5.92 Å². The Morgan fingerprint density at radius 3 is 2.57 bits per heavy atom. The van der Waals surface area contributed by atoms with E-state index in [9.17, 15) is 14.7 Å². The Labute approximate surface area is 222 Å². The highest BCUT2D eigenvalue weighted by Gasteiger charge is 2.53. The fourth-order valence-electron chi connectivity index (χ4n) is 6.80. The number of nitrogens with zero attached hydrogens (tertiary/aromatic N) is 1. The number of phenols is 1. The molecule has 2 aliphatic carbocycles. The van der Waals surface area contributed by atoms with E-state index < -0.39 is 11.9 Å². The van der Waals surface area contributed by atoms with Crippen molar-refractivity contribution in [2.75, 3.05) is 13.6 Å². The molecule has 1 aliphatic heterocycles. The Bertz CT molecular complexity index is 1270. The Morgan fingerprint density at radius 2 is 1.86 bits per heavy atom. The van der Waals surface area contributed by atoms with E-state index in [1.54, 1.807) is 37.3 Å². The average molecular weight is 518 g/mol. The number of likely N-dealkylation sites (N-methyl/N-ethyl adjacent to an activating group) is 1. The zero-order valence-electron chi connectivity index (χ0n) is 21.5. The standard InChI is InChI=1S/C17H23NO.C14H12O3S/c1-18-9-8-17-7-3-2-4-14(17)16(18)10-12-5-6-13(19)11-15(12)17;1-9(14(16)17)10-4-6-11(7-5-10)13(15)12-3-2-8-18-12/h5-6,11,14,16,19H,2-4,7-10H2,1H3;2-9H,1H3,(H,16,17)/t14-,16+,17+;/m0./s1. The molecule has 1 saturated carbocycles. The lowest BCUT2D eigenvalue weighted by Gasteiger charge is -2.58. The summed E-state index contributed by atoms with van der Waals surface area (Å²) in [5.74, 6) is -0.188. The number of piperidine rings is 1. The molecule has 0 amide bonds. The van der Waals surface area contributed by atoms with Crippen molar-refractivity contribution in [2.45, 2.75) is 62.8 Å². The number of carboxylic acids is 1. The third-order valence-corrected chi connectivity index (χ3v) is 9.75. The first-order chi connectivity index (χ1) is 17.8. The molecule has 3 aromatic rings. The van der Waals surface area contributed by atoms with Crippen molar-refractivity contribution in [3.05, 3.63) is 87.1 Å². The number of aliphatic carboxylic acids is 1. The van der Waals surface area contributed by atoms with Gasteiger partial charge in [-0.1, -0.05) is 49.2 Å². The minimum atomic E-state index is -0.868. The van der Waals surface area contributed by atoms with Crippen molar-refractivity contribution < 1.29 is 19.8 Å². The summed E-state index contributed by atoms with van der Waals surface area (Å²) >= 11 is 1.40. The Morgan fingerprint density at radius 1 is 1.08 bits per heavy atom. The molecule has 2 bridgehead atoms. The molecule has 2 aromatic carbocycles. The summed E-state index contributed by atoms with van der Waals surface area (Å²) < 4.78 is 0. The molecule has 2 N–H and O–H groups in total. The van der Waals surface area contributed by atoms with Gasteiger partial charge in [-0.05, 0) is 92.4 Å². The number of benzene rings is 2. The molecule has 194 valence electrons. The maximum absolute atomic E-state index is 12.0. The van der Waals surface area contributed by atoms with Crippen LogP contribution in [-0.2, 0) is 16.6 Å². The van der Waals surface area contributed by atoms with Gasteiger partial charge in [0.25, 0.3) is 0 Å². The smallest absolute Gasteiger partial charge is 0.310 e. The number of aromatic hydroxyl groups is 1. The molecule has 0 radical (unpaired) electrons. The number of thiophene rings is 1. The normalized spacial score (nSPS) is 25.1. The van der Waals surface area contributed by atoms with E-state index in [-0.39, 0.29) is 5.78 Å². The molecule has 5 nitrogen and oxygen atoms in total. The van der Waals surface area contributed by atoms with Gasteiger partial charge in [0.2, 0.25) is 5.78 Å². The van der Waals surface area contributed by atoms with Crippen molar-refractivity contribution in [3.63, 3.8) is 0 Å². The zero-order valence-corrected chi connectivity index (χ0v) is 22.3. The summed E-state index contributed by atoms with van der Waals surface area (Å²) in [5.41, 5.74) is 4.64. The molecule has 3 aliphatic rings. The number of carbonyl (C=O) groups is 2. The van der Waals surface area contributed by atoms with Gasteiger partial charge in [-0.3, -0.25) is 9.59 Å². The first-order valence-corrected chi connectivity index (χ1v) is 14.1. The molecule has 0 spiro atoms. The van der Waals surface area contributed by atoms with Gasteiger partial charge in [0.05, 0.1) is 10.8 Å². The van der Waals surface area contributed by atoms with E-state index in [0.29, 0.717) is 27.2 Å². The lowest BCUT2D eigenvalue weighted by Crippen LogP contribution is -2.59. The number of carboxylic acid groups (broad SMARTS) is 1. The molecule has 1 aromatic heterocycles. The number of ketones is 1.